The summed E-state index contributed by atoms with van der Waals surface area (Å²) in [7, 11) is -1.95. The van der Waals surface area contributed by atoms with Crippen molar-refractivity contribution in [2.24, 2.45) is 0 Å². The van der Waals surface area contributed by atoms with E-state index in [1.54, 1.807) is 0 Å². The number of nitrogens with zero attached hydrogens (tertiary/aromatic N) is 1. The zero-order valence-corrected chi connectivity index (χ0v) is 18.2. The van der Waals surface area contributed by atoms with E-state index >= 15 is 0 Å². The lowest BCUT2D eigenvalue weighted by Gasteiger charge is -2.37. The molecule has 9 heteroatoms. The number of hydrogen-bond donors (Lipinski definition) is 2. The Bertz CT molecular complexity index is 758. The third-order valence-corrected chi connectivity index (χ3v) is 10.2. The molecule has 4 atom stereocenters. The van der Waals surface area contributed by atoms with Crippen LogP contribution in [0.15, 0.2) is 11.0 Å². The summed E-state index contributed by atoms with van der Waals surface area (Å²) in [6, 6.07) is 0. The first-order valence-electron chi connectivity index (χ1n) is 9.30. The first-order valence-corrected chi connectivity index (χ1v) is 12.2. The van der Waals surface area contributed by atoms with Gasteiger partial charge in [0.1, 0.15) is 35.9 Å². The molecule has 0 unspecified atom stereocenters. The maximum atomic E-state index is 12.3. The van der Waals surface area contributed by atoms with Gasteiger partial charge >= 0.3 is 0 Å². The van der Waals surface area contributed by atoms with Crippen LogP contribution in [-0.4, -0.2) is 49.0 Å². The number of aromatic nitrogens is 2. The van der Waals surface area contributed by atoms with E-state index in [0.717, 1.165) is 0 Å². The van der Waals surface area contributed by atoms with Gasteiger partial charge in [0, 0.05) is 0 Å². The highest BCUT2D eigenvalue weighted by molar-refractivity contribution is 6.74. The zero-order chi connectivity index (χ0) is 20.2. The number of nitrogens with one attached hydrogen (secondary N) is 1. The number of ether oxygens (including phenoxy) is 3. The topological polar surface area (TPSA) is 109 Å². The number of nitrogens with two attached hydrogens (primary N) is 1. The van der Waals surface area contributed by atoms with Crippen molar-refractivity contribution in [3.63, 3.8) is 0 Å². The molecule has 0 aliphatic carbocycles. The maximum absolute atomic E-state index is 12.3. The highest BCUT2D eigenvalue weighted by Crippen LogP contribution is 2.45. The Balaban J connectivity index is 1.83. The Hall–Kier alpha value is -1.26. The molecule has 1 aromatic heterocycles. The van der Waals surface area contributed by atoms with Gasteiger partial charge < -0.3 is 29.4 Å². The summed E-state index contributed by atoms with van der Waals surface area (Å²) < 4.78 is 24.6. The Morgan fingerprint density at radius 2 is 1.93 bits per heavy atom. The smallest absolute Gasteiger partial charge is 0.274 e. The van der Waals surface area contributed by atoms with Gasteiger partial charge in [0.05, 0.1) is 12.8 Å². The molecule has 0 radical (unpaired) electrons. The minimum absolute atomic E-state index is 0.0897. The lowest BCUT2D eigenvalue weighted by atomic mass is 10.1. The second kappa shape index (κ2) is 6.66. The summed E-state index contributed by atoms with van der Waals surface area (Å²) in [6.07, 6.45) is -0.308. The van der Waals surface area contributed by atoms with Crippen molar-refractivity contribution in [3.8, 4) is 0 Å². The average Bonchev–Trinajstić information content (AvgIpc) is 2.98. The van der Waals surface area contributed by atoms with Crippen LogP contribution in [0.25, 0.3) is 0 Å². The van der Waals surface area contributed by atoms with Gasteiger partial charge in [0.2, 0.25) is 0 Å². The van der Waals surface area contributed by atoms with Crippen molar-refractivity contribution in [2.75, 3.05) is 12.3 Å². The van der Waals surface area contributed by atoms with Crippen molar-refractivity contribution in [2.45, 2.75) is 83.0 Å². The number of anilines is 1. The molecule has 1 aromatic rings. The van der Waals surface area contributed by atoms with Gasteiger partial charge in [-0.1, -0.05) is 20.8 Å². The van der Waals surface area contributed by atoms with E-state index in [0.29, 0.717) is 6.61 Å². The highest BCUT2D eigenvalue weighted by Gasteiger charge is 2.57. The molecule has 2 saturated heterocycles. The van der Waals surface area contributed by atoms with Crippen LogP contribution in [-0.2, 0) is 18.6 Å². The van der Waals surface area contributed by atoms with Crippen LogP contribution < -0.4 is 11.3 Å². The van der Waals surface area contributed by atoms with Gasteiger partial charge in [-0.3, -0.25) is 4.79 Å². The van der Waals surface area contributed by atoms with E-state index in [-0.39, 0.29) is 34.3 Å². The summed E-state index contributed by atoms with van der Waals surface area (Å²) in [5, 5.41) is 0.0897. The summed E-state index contributed by atoms with van der Waals surface area (Å²) in [4.78, 5) is 19.1. The van der Waals surface area contributed by atoms with E-state index < -0.39 is 26.3 Å². The number of rotatable bonds is 4. The number of nitrogen functional groups attached to an aromatic ring is 1. The molecule has 3 rings (SSSR count). The molecular formula is C18H31N3O5Si. The van der Waals surface area contributed by atoms with E-state index in [2.05, 4.69) is 43.8 Å². The monoisotopic (exact) mass is 397 g/mol. The van der Waals surface area contributed by atoms with Crippen LogP contribution in [0.3, 0.4) is 0 Å². The second-order valence-electron chi connectivity index (χ2n) is 9.28. The van der Waals surface area contributed by atoms with Crippen molar-refractivity contribution < 1.29 is 18.6 Å². The second-order valence-corrected chi connectivity index (χ2v) is 14.1. The van der Waals surface area contributed by atoms with E-state index in [4.69, 9.17) is 24.4 Å². The van der Waals surface area contributed by atoms with E-state index in [1.165, 1.54) is 6.20 Å². The quantitative estimate of drug-likeness (QED) is 0.751. The molecule has 8 nitrogen and oxygen atoms in total. The van der Waals surface area contributed by atoms with Crippen LogP contribution >= 0.6 is 0 Å². The Labute approximate surface area is 160 Å². The van der Waals surface area contributed by atoms with Gasteiger partial charge in [0.15, 0.2) is 14.1 Å². The van der Waals surface area contributed by atoms with Gasteiger partial charge in [-0.05, 0) is 32.0 Å². The molecule has 2 fully saturated rings. The van der Waals surface area contributed by atoms with Crippen LogP contribution in [0.1, 0.15) is 46.4 Å². The molecule has 27 heavy (non-hydrogen) atoms. The molecule has 0 aromatic carbocycles. The molecule has 0 spiro atoms. The maximum Gasteiger partial charge on any atom is 0.274 e. The van der Waals surface area contributed by atoms with Crippen LogP contribution in [0.5, 0.6) is 0 Å². The fraction of sp³-hybridized carbons (Fsp3) is 0.778. The standard InChI is InChI=1S/C18H31N3O5Si/c1-17(2,3)27(6,7)23-9-10-13-15(26-18(4,5)25-13)14(24-10)12-16(22)21-11(19)8-20-12/h8,10,13-15H,9H2,1-7H3,(H3,19,21,22)/t10-,13-,14+,15-/m1/s1. The summed E-state index contributed by atoms with van der Waals surface area (Å²) in [6.45, 7) is 15.1. The third kappa shape index (κ3) is 3.97. The number of H-pyrrole nitrogens is 1. The molecule has 2 aliphatic rings. The van der Waals surface area contributed by atoms with Crippen LogP contribution in [0.4, 0.5) is 5.82 Å². The Morgan fingerprint density at radius 1 is 1.30 bits per heavy atom. The van der Waals surface area contributed by atoms with Crippen molar-refractivity contribution >= 4 is 14.1 Å². The fourth-order valence-electron chi connectivity index (χ4n) is 3.17. The third-order valence-electron chi connectivity index (χ3n) is 5.67. The van der Waals surface area contributed by atoms with Crippen LogP contribution in [0, 0.1) is 0 Å². The van der Waals surface area contributed by atoms with Crippen molar-refractivity contribution in [3.05, 3.63) is 22.2 Å². The molecule has 3 N–H and O–H groups in total. The highest BCUT2D eigenvalue weighted by atomic mass is 28.4. The first kappa shape index (κ1) is 20.5. The van der Waals surface area contributed by atoms with Gasteiger partial charge in [-0.25, -0.2) is 4.98 Å². The minimum atomic E-state index is -1.95. The number of hydrogen-bond acceptors (Lipinski definition) is 7. The Morgan fingerprint density at radius 3 is 2.52 bits per heavy atom. The molecule has 0 saturated carbocycles. The van der Waals surface area contributed by atoms with E-state index in [9.17, 15) is 4.79 Å². The van der Waals surface area contributed by atoms with E-state index in [1.807, 2.05) is 13.8 Å². The molecule has 3 heterocycles. The number of fused-ring (bicyclic) bond motifs is 1. The largest absolute Gasteiger partial charge is 0.414 e. The van der Waals surface area contributed by atoms with Crippen molar-refractivity contribution in [1.82, 2.24) is 9.97 Å². The predicted molar refractivity (Wildman–Crippen MR) is 104 cm³/mol. The fourth-order valence-corrected chi connectivity index (χ4v) is 4.18. The number of aromatic amines is 1. The normalized spacial score (nSPS) is 30.5. The lowest BCUT2D eigenvalue weighted by molar-refractivity contribution is -0.191. The Kier molecular flexibility index (Phi) is 5.05. The van der Waals surface area contributed by atoms with Gasteiger partial charge in [0.25, 0.3) is 5.56 Å². The van der Waals surface area contributed by atoms with Gasteiger partial charge in [-0.2, -0.15) is 0 Å². The van der Waals surface area contributed by atoms with Crippen LogP contribution in [0.2, 0.25) is 18.1 Å². The average molecular weight is 398 g/mol. The van der Waals surface area contributed by atoms with Crippen molar-refractivity contribution in [1.29, 1.82) is 0 Å². The minimum Gasteiger partial charge on any atom is -0.414 e. The summed E-state index contributed by atoms with van der Waals surface area (Å²) in [5.41, 5.74) is 5.48. The molecule has 152 valence electrons. The molecule has 0 amide bonds. The SMILES string of the molecule is CC1(C)O[C@@H]2[C@H](O1)[C@@H](CO[Si](C)(C)C(C)(C)C)O[C@H]2c1ncc(N)[nH]c1=O. The zero-order valence-electron chi connectivity index (χ0n) is 17.2. The molecule has 2 aliphatic heterocycles. The first-order chi connectivity index (χ1) is 12.3. The molecule has 0 bridgehead atoms. The summed E-state index contributed by atoms with van der Waals surface area (Å²) >= 11 is 0. The summed E-state index contributed by atoms with van der Waals surface area (Å²) in [5.74, 6) is -0.548. The lowest BCUT2D eigenvalue weighted by Crippen LogP contribution is -2.44. The van der Waals surface area contributed by atoms with Gasteiger partial charge in [-0.15, -0.1) is 0 Å². The molecular weight excluding hydrogens is 366 g/mol. The predicted octanol–water partition coefficient (Wildman–Crippen LogP) is 2.33.